The minimum atomic E-state index is -4.40. The molecule has 0 saturated carbocycles. The summed E-state index contributed by atoms with van der Waals surface area (Å²) >= 11 is 1.33. The number of amides is 2. The molecule has 0 aromatic carbocycles. The number of piperidine rings is 1. The number of hydrogen-bond acceptors (Lipinski definition) is 5. The van der Waals surface area contributed by atoms with Crippen molar-refractivity contribution in [3.63, 3.8) is 0 Å². The standard InChI is InChI=1S/C19H21F3N4O2S/c1-12(27)23-11-15-3-4-16(29-15)18(28)25-14-6-8-26(9-7-14)17-5-2-13(10-24-17)19(20,21)22/h2-5,10,14H,6-9,11H2,1H3,(H,23,27)(H,25,28). The molecule has 2 aromatic rings. The summed E-state index contributed by atoms with van der Waals surface area (Å²) in [6, 6.07) is 5.96. The normalized spacial score (nSPS) is 15.2. The summed E-state index contributed by atoms with van der Waals surface area (Å²) in [5.74, 6) is 0.220. The topological polar surface area (TPSA) is 74.3 Å². The third-order valence-electron chi connectivity index (χ3n) is 4.63. The molecule has 2 amide bonds. The van der Waals surface area contributed by atoms with Gasteiger partial charge in [-0.25, -0.2) is 4.98 Å². The Labute approximate surface area is 170 Å². The molecule has 1 fully saturated rings. The van der Waals surface area contributed by atoms with Crippen molar-refractivity contribution in [2.75, 3.05) is 18.0 Å². The zero-order chi connectivity index (χ0) is 21.0. The van der Waals surface area contributed by atoms with Crippen molar-refractivity contribution in [1.82, 2.24) is 15.6 Å². The molecular formula is C19H21F3N4O2S. The largest absolute Gasteiger partial charge is 0.417 e. The number of anilines is 1. The first-order valence-electron chi connectivity index (χ1n) is 9.14. The van der Waals surface area contributed by atoms with E-state index in [1.807, 2.05) is 11.0 Å². The summed E-state index contributed by atoms with van der Waals surface area (Å²) in [4.78, 5) is 30.7. The fourth-order valence-electron chi connectivity index (χ4n) is 3.06. The van der Waals surface area contributed by atoms with Crippen LogP contribution in [-0.2, 0) is 17.5 Å². The number of carbonyl (C=O) groups excluding carboxylic acids is 2. The first kappa shape index (κ1) is 21.1. The van der Waals surface area contributed by atoms with E-state index in [9.17, 15) is 22.8 Å². The Hall–Kier alpha value is -2.62. The van der Waals surface area contributed by atoms with Crippen molar-refractivity contribution in [2.45, 2.75) is 38.5 Å². The van der Waals surface area contributed by atoms with E-state index in [-0.39, 0.29) is 17.9 Å². The molecule has 1 saturated heterocycles. The molecule has 0 atom stereocenters. The van der Waals surface area contributed by atoms with E-state index in [4.69, 9.17) is 0 Å². The summed E-state index contributed by atoms with van der Waals surface area (Å²) in [5.41, 5.74) is -0.766. The van der Waals surface area contributed by atoms with Gasteiger partial charge in [-0.05, 0) is 37.1 Å². The fourth-order valence-corrected chi connectivity index (χ4v) is 3.91. The van der Waals surface area contributed by atoms with Gasteiger partial charge in [0.25, 0.3) is 5.91 Å². The van der Waals surface area contributed by atoms with Crippen LogP contribution in [0.5, 0.6) is 0 Å². The molecular weight excluding hydrogens is 405 g/mol. The van der Waals surface area contributed by atoms with Gasteiger partial charge in [-0.1, -0.05) is 0 Å². The molecule has 3 rings (SSSR count). The molecule has 1 aliphatic rings. The van der Waals surface area contributed by atoms with Gasteiger partial charge in [0.05, 0.1) is 17.0 Å². The number of aromatic nitrogens is 1. The van der Waals surface area contributed by atoms with Crippen LogP contribution in [0.15, 0.2) is 30.5 Å². The summed E-state index contributed by atoms with van der Waals surface area (Å²) in [5, 5.41) is 5.70. The predicted molar refractivity (Wildman–Crippen MR) is 104 cm³/mol. The maximum atomic E-state index is 12.6. The van der Waals surface area contributed by atoms with Gasteiger partial charge >= 0.3 is 6.18 Å². The molecule has 0 bridgehead atoms. The molecule has 29 heavy (non-hydrogen) atoms. The third kappa shape index (κ3) is 5.69. The number of pyridine rings is 1. The number of alkyl halides is 3. The van der Waals surface area contributed by atoms with Crippen LogP contribution in [0.3, 0.4) is 0 Å². The zero-order valence-corrected chi connectivity index (χ0v) is 16.6. The minimum Gasteiger partial charge on any atom is -0.356 e. The highest BCUT2D eigenvalue weighted by Crippen LogP contribution is 2.29. The second kappa shape index (κ2) is 8.81. The lowest BCUT2D eigenvalue weighted by Gasteiger charge is -2.33. The molecule has 3 heterocycles. The first-order chi connectivity index (χ1) is 13.7. The number of carbonyl (C=O) groups is 2. The monoisotopic (exact) mass is 426 g/mol. The van der Waals surface area contributed by atoms with Crippen LogP contribution in [0.1, 0.15) is 39.9 Å². The van der Waals surface area contributed by atoms with Crippen LogP contribution >= 0.6 is 11.3 Å². The highest BCUT2D eigenvalue weighted by atomic mass is 32.1. The number of thiophene rings is 1. The predicted octanol–water partition coefficient (Wildman–Crippen LogP) is 3.20. The van der Waals surface area contributed by atoms with Crippen molar-refractivity contribution in [3.05, 3.63) is 45.8 Å². The molecule has 0 spiro atoms. The van der Waals surface area contributed by atoms with E-state index in [1.165, 1.54) is 24.3 Å². The fraction of sp³-hybridized carbons (Fsp3) is 0.421. The number of nitrogens with one attached hydrogen (secondary N) is 2. The Bertz CT molecular complexity index is 859. The highest BCUT2D eigenvalue weighted by molar-refractivity contribution is 7.14. The van der Waals surface area contributed by atoms with Crippen molar-refractivity contribution in [1.29, 1.82) is 0 Å². The Morgan fingerprint density at radius 1 is 1.21 bits per heavy atom. The van der Waals surface area contributed by atoms with Gasteiger partial charge in [-0.15, -0.1) is 11.3 Å². The summed E-state index contributed by atoms with van der Waals surface area (Å²) in [7, 11) is 0. The zero-order valence-electron chi connectivity index (χ0n) is 15.8. The molecule has 0 radical (unpaired) electrons. The maximum absolute atomic E-state index is 12.6. The van der Waals surface area contributed by atoms with Gasteiger partial charge in [-0.2, -0.15) is 13.2 Å². The highest BCUT2D eigenvalue weighted by Gasteiger charge is 2.31. The average molecular weight is 426 g/mol. The second-order valence-corrected chi connectivity index (χ2v) is 7.98. The molecule has 2 N–H and O–H groups in total. The van der Waals surface area contributed by atoms with E-state index in [0.29, 0.717) is 43.2 Å². The van der Waals surface area contributed by atoms with Crippen LogP contribution in [0.25, 0.3) is 0 Å². The summed E-state index contributed by atoms with van der Waals surface area (Å²) in [6.07, 6.45) is -2.19. The van der Waals surface area contributed by atoms with Gasteiger partial charge in [0, 0.05) is 37.1 Å². The Morgan fingerprint density at radius 2 is 1.93 bits per heavy atom. The molecule has 0 aliphatic carbocycles. The smallest absolute Gasteiger partial charge is 0.356 e. The van der Waals surface area contributed by atoms with Crippen molar-refractivity contribution in [3.8, 4) is 0 Å². The first-order valence-corrected chi connectivity index (χ1v) is 9.96. The summed E-state index contributed by atoms with van der Waals surface area (Å²) in [6.45, 7) is 3.03. The van der Waals surface area contributed by atoms with Gasteiger partial charge in [0.1, 0.15) is 5.82 Å². The van der Waals surface area contributed by atoms with Crippen LogP contribution in [-0.4, -0.2) is 35.9 Å². The van der Waals surface area contributed by atoms with Crippen LogP contribution < -0.4 is 15.5 Å². The molecule has 10 heteroatoms. The van der Waals surface area contributed by atoms with Crippen molar-refractivity contribution < 1.29 is 22.8 Å². The minimum absolute atomic E-state index is 0.00547. The average Bonchev–Trinajstić information content (AvgIpc) is 3.16. The number of rotatable bonds is 5. The van der Waals surface area contributed by atoms with E-state index in [2.05, 4.69) is 15.6 Å². The molecule has 6 nitrogen and oxygen atoms in total. The molecule has 0 unspecified atom stereocenters. The maximum Gasteiger partial charge on any atom is 0.417 e. The van der Waals surface area contributed by atoms with E-state index >= 15 is 0 Å². The molecule has 2 aromatic heterocycles. The van der Waals surface area contributed by atoms with Gasteiger partial charge < -0.3 is 15.5 Å². The van der Waals surface area contributed by atoms with Crippen LogP contribution in [0, 0.1) is 0 Å². The van der Waals surface area contributed by atoms with E-state index in [0.717, 1.165) is 17.1 Å². The Morgan fingerprint density at radius 3 is 2.52 bits per heavy atom. The lowest BCUT2D eigenvalue weighted by molar-refractivity contribution is -0.137. The third-order valence-corrected chi connectivity index (χ3v) is 5.71. The molecule has 156 valence electrons. The second-order valence-electron chi connectivity index (χ2n) is 6.81. The summed E-state index contributed by atoms with van der Waals surface area (Å²) < 4.78 is 37.9. The van der Waals surface area contributed by atoms with Crippen molar-refractivity contribution in [2.24, 2.45) is 0 Å². The van der Waals surface area contributed by atoms with Gasteiger partial charge in [0.15, 0.2) is 0 Å². The quantitative estimate of drug-likeness (QED) is 0.770. The SMILES string of the molecule is CC(=O)NCc1ccc(C(=O)NC2CCN(c3ccc(C(F)(F)F)cn3)CC2)s1. The van der Waals surface area contributed by atoms with Gasteiger partial charge in [0.2, 0.25) is 5.91 Å². The number of halogens is 3. The lowest BCUT2D eigenvalue weighted by atomic mass is 10.0. The van der Waals surface area contributed by atoms with Crippen LogP contribution in [0.4, 0.5) is 19.0 Å². The molecule has 1 aliphatic heterocycles. The van der Waals surface area contributed by atoms with E-state index < -0.39 is 11.7 Å². The Kier molecular flexibility index (Phi) is 6.41. The van der Waals surface area contributed by atoms with E-state index in [1.54, 1.807) is 6.07 Å². The Balaban J connectivity index is 1.49. The lowest BCUT2D eigenvalue weighted by Crippen LogP contribution is -2.44. The number of nitrogens with zero attached hydrogens (tertiary/aromatic N) is 2. The van der Waals surface area contributed by atoms with Gasteiger partial charge in [-0.3, -0.25) is 9.59 Å². The number of hydrogen-bond donors (Lipinski definition) is 2. The van der Waals surface area contributed by atoms with Crippen LogP contribution in [0.2, 0.25) is 0 Å². The van der Waals surface area contributed by atoms with Crippen molar-refractivity contribution >= 4 is 29.0 Å².